The van der Waals surface area contributed by atoms with Gasteiger partial charge in [-0.15, -0.1) is 0 Å². The first-order valence-electron chi connectivity index (χ1n) is 7.49. The highest BCUT2D eigenvalue weighted by molar-refractivity contribution is 6.34. The van der Waals surface area contributed by atoms with Gasteiger partial charge in [-0.1, -0.05) is 11.6 Å². The number of nitrogens with one attached hydrogen (secondary N) is 2. The van der Waals surface area contributed by atoms with E-state index in [9.17, 15) is 27.9 Å². The Kier molecular flexibility index (Phi) is 5.67. The number of nitrogens with two attached hydrogens (primary N) is 1. The van der Waals surface area contributed by atoms with Gasteiger partial charge in [-0.25, -0.2) is 0 Å². The summed E-state index contributed by atoms with van der Waals surface area (Å²) < 4.78 is 38.1. The molecule has 6 nitrogen and oxygen atoms in total. The summed E-state index contributed by atoms with van der Waals surface area (Å²) in [6, 6.07) is 9.94. The van der Waals surface area contributed by atoms with E-state index in [0.717, 1.165) is 6.07 Å². The van der Waals surface area contributed by atoms with E-state index in [1.807, 2.05) is 5.32 Å². The lowest BCUT2D eigenvalue weighted by molar-refractivity contribution is -0.242. The summed E-state index contributed by atoms with van der Waals surface area (Å²) in [4.78, 5) is 23.9. The second-order valence-corrected chi connectivity index (χ2v) is 6.20. The van der Waals surface area contributed by atoms with E-state index in [0.29, 0.717) is 18.3 Å². The third kappa shape index (κ3) is 4.69. The topological polar surface area (TPSA) is 104 Å². The van der Waals surface area contributed by atoms with Crippen LogP contribution >= 0.6 is 11.6 Å². The standard InChI is InChI=1S/C17H15ClF3N3O3/c1-16(27,17(19,20)21)15(26)24-13-7-2-9(8-12(13)18)14(25)23-11-5-3-10(22)4-6-11/h2-8,27H,22H2,1H3,(H,23,25)(H,24,26). The number of hydrogen-bond donors (Lipinski definition) is 4. The molecule has 0 bridgehead atoms. The van der Waals surface area contributed by atoms with Crippen molar-refractivity contribution in [3.8, 4) is 0 Å². The Morgan fingerprint density at radius 2 is 1.67 bits per heavy atom. The minimum atomic E-state index is -5.16. The predicted molar refractivity (Wildman–Crippen MR) is 95.6 cm³/mol. The number of hydrogen-bond acceptors (Lipinski definition) is 4. The maximum absolute atomic E-state index is 12.7. The summed E-state index contributed by atoms with van der Waals surface area (Å²) in [5.41, 5.74) is 2.87. The van der Waals surface area contributed by atoms with Crippen LogP contribution in [0, 0.1) is 0 Å². The Bertz CT molecular complexity index is 868. The molecule has 0 heterocycles. The van der Waals surface area contributed by atoms with Crippen molar-refractivity contribution in [2.75, 3.05) is 16.4 Å². The normalized spacial score (nSPS) is 13.6. The number of rotatable bonds is 4. The van der Waals surface area contributed by atoms with Gasteiger partial charge in [0.15, 0.2) is 0 Å². The van der Waals surface area contributed by atoms with E-state index in [4.69, 9.17) is 17.3 Å². The van der Waals surface area contributed by atoms with Gasteiger partial charge in [0.05, 0.1) is 10.7 Å². The molecule has 5 N–H and O–H groups in total. The number of alkyl halides is 3. The highest BCUT2D eigenvalue weighted by Gasteiger charge is 2.55. The van der Waals surface area contributed by atoms with Crippen LogP contribution in [0.1, 0.15) is 17.3 Å². The fourth-order valence-electron chi connectivity index (χ4n) is 1.90. The maximum Gasteiger partial charge on any atom is 0.426 e. The average molecular weight is 402 g/mol. The van der Waals surface area contributed by atoms with Gasteiger partial charge in [0.25, 0.3) is 11.8 Å². The molecule has 1 unspecified atom stereocenters. The van der Waals surface area contributed by atoms with Gasteiger partial charge in [0.1, 0.15) is 0 Å². The molecule has 1 atom stereocenters. The molecule has 2 aromatic carbocycles. The van der Waals surface area contributed by atoms with Crippen molar-refractivity contribution in [3.05, 3.63) is 53.1 Å². The summed E-state index contributed by atoms with van der Waals surface area (Å²) in [6.07, 6.45) is -5.16. The van der Waals surface area contributed by atoms with E-state index in [1.165, 1.54) is 12.1 Å². The lowest BCUT2D eigenvalue weighted by Gasteiger charge is -2.25. The molecule has 10 heteroatoms. The molecule has 2 rings (SSSR count). The van der Waals surface area contributed by atoms with Crippen molar-refractivity contribution >= 4 is 40.5 Å². The first-order chi connectivity index (χ1) is 12.4. The Balaban J connectivity index is 2.14. The fraction of sp³-hybridized carbons (Fsp3) is 0.176. The lowest BCUT2D eigenvalue weighted by Crippen LogP contribution is -2.52. The number of halogens is 4. The third-order valence-electron chi connectivity index (χ3n) is 3.64. The lowest BCUT2D eigenvalue weighted by atomic mass is 10.1. The molecule has 2 aromatic rings. The predicted octanol–water partition coefficient (Wildman–Crippen LogP) is 3.43. The minimum absolute atomic E-state index is 0.109. The van der Waals surface area contributed by atoms with Gasteiger partial charge in [-0.05, 0) is 49.4 Å². The number of aliphatic hydroxyl groups is 1. The van der Waals surface area contributed by atoms with E-state index in [-0.39, 0.29) is 16.3 Å². The van der Waals surface area contributed by atoms with Crippen LogP contribution in [-0.4, -0.2) is 28.7 Å². The van der Waals surface area contributed by atoms with Crippen LogP contribution in [0.3, 0.4) is 0 Å². The zero-order valence-electron chi connectivity index (χ0n) is 13.9. The van der Waals surface area contributed by atoms with Crippen LogP contribution < -0.4 is 16.4 Å². The van der Waals surface area contributed by atoms with Crippen molar-refractivity contribution < 1.29 is 27.9 Å². The highest BCUT2D eigenvalue weighted by atomic mass is 35.5. The van der Waals surface area contributed by atoms with Crippen LogP contribution in [-0.2, 0) is 4.79 Å². The Labute approximate surface area is 157 Å². The monoisotopic (exact) mass is 401 g/mol. The molecule has 0 spiro atoms. The number of carbonyl (C=O) groups excluding carboxylic acids is 2. The first-order valence-corrected chi connectivity index (χ1v) is 7.86. The Hall–Kier alpha value is -2.78. The van der Waals surface area contributed by atoms with Crippen molar-refractivity contribution in [2.24, 2.45) is 0 Å². The van der Waals surface area contributed by atoms with Crippen LogP contribution in [0.5, 0.6) is 0 Å². The summed E-state index contributed by atoms with van der Waals surface area (Å²) in [5, 5.41) is 13.7. The quantitative estimate of drug-likeness (QED) is 0.589. The highest BCUT2D eigenvalue weighted by Crippen LogP contribution is 2.32. The Morgan fingerprint density at radius 3 is 2.19 bits per heavy atom. The first kappa shape index (κ1) is 20.5. The molecule has 144 valence electrons. The van der Waals surface area contributed by atoms with Gasteiger partial charge in [0, 0.05) is 16.9 Å². The number of carbonyl (C=O) groups is 2. The number of benzene rings is 2. The van der Waals surface area contributed by atoms with Gasteiger partial charge in [-0.2, -0.15) is 13.2 Å². The molecular weight excluding hydrogens is 387 g/mol. The van der Waals surface area contributed by atoms with Crippen molar-refractivity contribution in [1.82, 2.24) is 0 Å². The maximum atomic E-state index is 12.7. The molecule has 0 aliphatic rings. The van der Waals surface area contributed by atoms with Crippen LogP contribution in [0.25, 0.3) is 0 Å². The zero-order chi connectivity index (χ0) is 20.4. The van der Waals surface area contributed by atoms with E-state index < -0.39 is 23.6 Å². The number of nitrogen functional groups attached to an aromatic ring is 1. The molecule has 2 amide bonds. The van der Waals surface area contributed by atoms with E-state index >= 15 is 0 Å². The fourth-order valence-corrected chi connectivity index (χ4v) is 2.13. The SMILES string of the molecule is CC(O)(C(=O)Nc1ccc(C(=O)Nc2ccc(N)cc2)cc1Cl)C(F)(F)F. The van der Waals surface area contributed by atoms with Crippen molar-refractivity contribution in [1.29, 1.82) is 0 Å². The minimum Gasteiger partial charge on any atom is -0.399 e. The summed E-state index contributed by atoms with van der Waals surface area (Å²) in [5.74, 6) is -2.22. The Morgan fingerprint density at radius 1 is 1.07 bits per heavy atom. The molecular formula is C17H15ClF3N3O3. The van der Waals surface area contributed by atoms with Gasteiger partial charge in [-0.3, -0.25) is 9.59 Å². The molecule has 0 fully saturated rings. The molecule has 27 heavy (non-hydrogen) atoms. The van der Waals surface area contributed by atoms with Crippen LogP contribution in [0.4, 0.5) is 30.2 Å². The molecule has 0 aromatic heterocycles. The molecule has 0 aliphatic carbocycles. The molecule has 0 saturated carbocycles. The van der Waals surface area contributed by atoms with Gasteiger partial charge < -0.3 is 21.5 Å². The zero-order valence-corrected chi connectivity index (χ0v) is 14.7. The van der Waals surface area contributed by atoms with E-state index in [2.05, 4.69) is 5.32 Å². The summed E-state index contributed by atoms with van der Waals surface area (Å²) in [6.45, 7) is 0.324. The summed E-state index contributed by atoms with van der Waals surface area (Å²) >= 11 is 5.93. The largest absolute Gasteiger partial charge is 0.426 e. The molecule has 0 aliphatic heterocycles. The molecule has 0 saturated heterocycles. The summed E-state index contributed by atoms with van der Waals surface area (Å²) in [7, 11) is 0. The molecule has 0 radical (unpaired) electrons. The smallest absolute Gasteiger partial charge is 0.399 e. The van der Waals surface area contributed by atoms with E-state index in [1.54, 1.807) is 24.3 Å². The third-order valence-corrected chi connectivity index (χ3v) is 3.95. The van der Waals surface area contributed by atoms with Crippen LogP contribution in [0.2, 0.25) is 5.02 Å². The van der Waals surface area contributed by atoms with Gasteiger partial charge in [0.2, 0.25) is 5.60 Å². The average Bonchev–Trinajstić information content (AvgIpc) is 2.57. The van der Waals surface area contributed by atoms with Crippen molar-refractivity contribution in [3.63, 3.8) is 0 Å². The second kappa shape index (κ2) is 7.45. The van der Waals surface area contributed by atoms with Crippen molar-refractivity contribution in [2.45, 2.75) is 18.7 Å². The second-order valence-electron chi connectivity index (χ2n) is 5.79. The van der Waals surface area contributed by atoms with Crippen LogP contribution in [0.15, 0.2) is 42.5 Å². The number of amides is 2. The van der Waals surface area contributed by atoms with Gasteiger partial charge >= 0.3 is 6.18 Å². The number of anilines is 3.